The first-order chi connectivity index (χ1) is 14.7. The fraction of sp³-hybridized carbons (Fsp3) is 0.458. The minimum absolute atomic E-state index is 0. The average molecular weight is 446 g/mol. The van der Waals surface area contributed by atoms with Crippen LogP contribution in [0.1, 0.15) is 18.4 Å². The summed E-state index contributed by atoms with van der Waals surface area (Å²) in [6.07, 6.45) is 3.38. The standard InChI is InChI=1S/C24H31N3O3.ClH/c1-25-20-11-10-19(17-23(20)30-18-24(25)28)7-5-6-12-26-13-15-27(16-14-26)21-8-3-4-9-22(21)29-2;/h3-4,8-11,17H,5-7,12-16,18H2,1-2H3;1H. The van der Waals surface area contributed by atoms with Gasteiger partial charge in [-0.15, -0.1) is 12.4 Å². The smallest absolute Gasteiger partial charge is 0.264 e. The van der Waals surface area contributed by atoms with Gasteiger partial charge in [-0.3, -0.25) is 9.69 Å². The van der Waals surface area contributed by atoms with E-state index in [0.717, 1.165) is 62.8 Å². The molecular weight excluding hydrogens is 414 g/mol. The molecule has 0 aromatic heterocycles. The molecule has 0 saturated carbocycles. The maximum Gasteiger partial charge on any atom is 0.264 e. The summed E-state index contributed by atoms with van der Waals surface area (Å²) >= 11 is 0. The van der Waals surface area contributed by atoms with Crippen molar-refractivity contribution < 1.29 is 14.3 Å². The SMILES string of the molecule is COc1ccccc1N1CCN(CCCCc2ccc3c(c2)OCC(=O)N3C)CC1.Cl. The lowest BCUT2D eigenvalue weighted by atomic mass is 10.1. The van der Waals surface area contributed by atoms with Crippen LogP contribution in [0.25, 0.3) is 0 Å². The second-order valence-corrected chi connectivity index (χ2v) is 8.00. The van der Waals surface area contributed by atoms with E-state index in [2.05, 4.69) is 34.1 Å². The maximum atomic E-state index is 11.7. The topological polar surface area (TPSA) is 45.3 Å². The highest BCUT2D eigenvalue weighted by molar-refractivity contribution is 5.97. The summed E-state index contributed by atoms with van der Waals surface area (Å²) < 4.78 is 11.1. The van der Waals surface area contributed by atoms with Gasteiger partial charge in [0.1, 0.15) is 11.5 Å². The molecule has 168 valence electrons. The number of piperazine rings is 1. The average Bonchev–Trinajstić information content (AvgIpc) is 2.79. The van der Waals surface area contributed by atoms with E-state index in [4.69, 9.17) is 9.47 Å². The number of methoxy groups -OCH3 is 1. The first kappa shape index (κ1) is 23.2. The minimum atomic E-state index is 0. The van der Waals surface area contributed by atoms with Crippen molar-refractivity contribution in [3.63, 3.8) is 0 Å². The Hall–Kier alpha value is -2.44. The third kappa shape index (κ3) is 5.43. The van der Waals surface area contributed by atoms with Gasteiger partial charge >= 0.3 is 0 Å². The number of amides is 1. The fourth-order valence-corrected chi connectivity index (χ4v) is 4.25. The van der Waals surface area contributed by atoms with Crippen LogP contribution in [-0.2, 0) is 11.2 Å². The van der Waals surface area contributed by atoms with Crippen LogP contribution in [0.15, 0.2) is 42.5 Å². The second-order valence-electron chi connectivity index (χ2n) is 8.00. The van der Waals surface area contributed by atoms with Crippen LogP contribution in [0.5, 0.6) is 11.5 Å². The minimum Gasteiger partial charge on any atom is -0.495 e. The molecule has 2 aliphatic rings. The predicted octanol–water partition coefficient (Wildman–Crippen LogP) is 3.62. The van der Waals surface area contributed by atoms with Gasteiger partial charge in [0.05, 0.1) is 18.5 Å². The number of aryl methyl sites for hydroxylation is 1. The van der Waals surface area contributed by atoms with Crippen molar-refractivity contribution in [2.45, 2.75) is 19.3 Å². The summed E-state index contributed by atoms with van der Waals surface area (Å²) in [5.41, 5.74) is 3.34. The first-order valence-electron chi connectivity index (χ1n) is 10.8. The van der Waals surface area contributed by atoms with Crippen LogP contribution in [0, 0.1) is 0 Å². The number of fused-ring (bicyclic) bond motifs is 1. The molecule has 2 aromatic rings. The van der Waals surface area contributed by atoms with E-state index in [0.29, 0.717) is 0 Å². The Balaban J connectivity index is 0.00000272. The molecule has 4 rings (SSSR count). The molecular formula is C24H32ClN3O3. The van der Waals surface area contributed by atoms with Gasteiger partial charge in [-0.2, -0.15) is 0 Å². The predicted molar refractivity (Wildman–Crippen MR) is 127 cm³/mol. The molecule has 2 heterocycles. The molecule has 1 saturated heterocycles. The molecule has 1 fully saturated rings. The number of nitrogens with zero attached hydrogens (tertiary/aromatic N) is 3. The molecule has 0 atom stereocenters. The lowest BCUT2D eigenvalue weighted by molar-refractivity contribution is -0.120. The summed E-state index contributed by atoms with van der Waals surface area (Å²) in [5.74, 6) is 1.78. The number of anilines is 2. The molecule has 0 bridgehead atoms. The van der Waals surface area contributed by atoms with Crippen molar-refractivity contribution in [2.24, 2.45) is 0 Å². The van der Waals surface area contributed by atoms with Crippen molar-refractivity contribution in [3.8, 4) is 11.5 Å². The van der Waals surface area contributed by atoms with Crippen LogP contribution in [-0.4, -0.2) is 64.3 Å². The molecule has 0 aliphatic carbocycles. The third-order valence-corrected chi connectivity index (χ3v) is 6.10. The molecule has 2 aliphatic heterocycles. The number of ether oxygens (including phenoxy) is 2. The Morgan fingerprint density at radius 2 is 1.77 bits per heavy atom. The Bertz CT molecular complexity index is 884. The molecule has 31 heavy (non-hydrogen) atoms. The zero-order chi connectivity index (χ0) is 20.9. The van der Waals surface area contributed by atoms with E-state index < -0.39 is 0 Å². The monoisotopic (exact) mass is 445 g/mol. The quantitative estimate of drug-likeness (QED) is 0.609. The van der Waals surface area contributed by atoms with Gasteiger partial charge in [0.2, 0.25) is 0 Å². The van der Waals surface area contributed by atoms with E-state index in [9.17, 15) is 4.79 Å². The number of carbonyl (C=O) groups is 1. The highest BCUT2D eigenvalue weighted by Gasteiger charge is 2.22. The molecule has 0 unspecified atom stereocenters. The number of hydrogen-bond donors (Lipinski definition) is 0. The number of benzene rings is 2. The van der Waals surface area contributed by atoms with E-state index in [1.54, 1.807) is 19.1 Å². The van der Waals surface area contributed by atoms with Gasteiger partial charge in [-0.25, -0.2) is 0 Å². The summed E-state index contributed by atoms with van der Waals surface area (Å²) in [5, 5.41) is 0. The Morgan fingerprint density at radius 1 is 1.00 bits per heavy atom. The Kier molecular flexibility index (Phi) is 8.04. The normalized spacial score (nSPS) is 16.4. The van der Waals surface area contributed by atoms with Crippen molar-refractivity contribution in [1.82, 2.24) is 4.90 Å². The van der Waals surface area contributed by atoms with E-state index in [1.165, 1.54) is 17.7 Å². The maximum absolute atomic E-state index is 11.7. The molecule has 1 amide bonds. The largest absolute Gasteiger partial charge is 0.495 e. The summed E-state index contributed by atoms with van der Waals surface area (Å²) in [6.45, 7) is 5.52. The second kappa shape index (κ2) is 10.7. The summed E-state index contributed by atoms with van der Waals surface area (Å²) in [4.78, 5) is 18.4. The first-order valence-corrected chi connectivity index (χ1v) is 10.8. The van der Waals surface area contributed by atoms with Gasteiger partial charge in [0.25, 0.3) is 5.91 Å². The number of para-hydroxylation sites is 2. The van der Waals surface area contributed by atoms with Crippen LogP contribution < -0.4 is 19.3 Å². The van der Waals surface area contributed by atoms with Gasteiger partial charge in [-0.05, 0) is 55.6 Å². The molecule has 6 nitrogen and oxygen atoms in total. The zero-order valence-corrected chi connectivity index (χ0v) is 19.2. The highest BCUT2D eigenvalue weighted by atomic mass is 35.5. The summed E-state index contributed by atoms with van der Waals surface area (Å²) in [7, 11) is 3.54. The number of rotatable bonds is 7. The van der Waals surface area contributed by atoms with E-state index in [1.807, 2.05) is 18.2 Å². The zero-order valence-electron chi connectivity index (χ0n) is 18.4. The van der Waals surface area contributed by atoms with Crippen molar-refractivity contribution in [2.75, 3.05) is 63.3 Å². The Morgan fingerprint density at radius 3 is 2.55 bits per heavy atom. The molecule has 0 N–H and O–H groups in total. The molecule has 2 aromatic carbocycles. The van der Waals surface area contributed by atoms with Crippen LogP contribution >= 0.6 is 12.4 Å². The van der Waals surface area contributed by atoms with Crippen LogP contribution in [0.3, 0.4) is 0 Å². The number of halogens is 1. The number of unbranched alkanes of at least 4 members (excludes halogenated alkanes) is 1. The number of hydrogen-bond acceptors (Lipinski definition) is 5. The Labute approximate surface area is 191 Å². The van der Waals surface area contributed by atoms with Crippen LogP contribution in [0.2, 0.25) is 0 Å². The van der Waals surface area contributed by atoms with Gasteiger partial charge in [0.15, 0.2) is 6.61 Å². The van der Waals surface area contributed by atoms with Gasteiger partial charge in [0, 0.05) is 33.2 Å². The number of likely N-dealkylation sites (N-methyl/N-ethyl adjacent to an activating group) is 1. The van der Waals surface area contributed by atoms with Crippen LogP contribution in [0.4, 0.5) is 11.4 Å². The molecule has 0 radical (unpaired) electrons. The highest BCUT2D eigenvalue weighted by Crippen LogP contribution is 2.32. The third-order valence-electron chi connectivity index (χ3n) is 6.10. The lowest BCUT2D eigenvalue weighted by Gasteiger charge is -2.36. The summed E-state index contributed by atoms with van der Waals surface area (Å²) in [6, 6.07) is 14.5. The van der Waals surface area contributed by atoms with E-state index in [-0.39, 0.29) is 24.9 Å². The van der Waals surface area contributed by atoms with Crippen molar-refractivity contribution >= 4 is 29.7 Å². The lowest BCUT2D eigenvalue weighted by Crippen LogP contribution is -2.46. The van der Waals surface area contributed by atoms with Crippen molar-refractivity contribution in [3.05, 3.63) is 48.0 Å². The van der Waals surface area contributed by atoms with Crippen molar-refractivity contribution in [1.29, 1.82) is 0 Å². The number of carbonyl (C=O) groups excluding carboxylic acids is 1. The van der Waals surface area contributed by atoms with Gasteiger partial charge < -0.3 is 19.3 Å². The fourth-order valence-electron chi connectivity index (χ4n) is 4.25. The molecule has 7 heteroatoms. The molecule has 0 spiro atoms. The van der Waals surface area contributed by atoms with E-state index >= 15 is 0 Å². The van der Waals surface area contributed by atoms with Gasteiger partial charge in [-0.1, -0.05) is 18.2 Å².